The van der Waals surface area contributed by atoms with E-state index in [1.807, 2.05) is 13.0 Å². The van der Waals surface area contributed by atoms with E-state index in [0.717, 1.165) is 5.56 Å². The molecule has 0 fully saturated rings. The summed E-state index contributed by atoms with van der Waals surface area (Å²) >= 11 is 0. The Balaban J connectivity index is 2.13. The van der Waals surface area contributed by atoms with Gasteiger partial charge in [0.1, 0.15) is 0 Å². The van der Waals surface area contributed by atoms with Gasteiger partial charge in [0.05, 0.1) is 12.2 Å². The summed E-state index contributed by atoms with van der Waals surface area (Å²) in [6.07, 6.45) is 0. The fourth-order valence-corrected chi connectivity index (χ4v) is 1.94. The molecule has 2 aromatic rings. The van der Waals surface area contributed by atoms with E-state index in [9.17, 15) is 9.59 Å². The van der Waals surface area contributed by atoms with E-state index in [0.29, 0.717) is 29.1 Å². The van der Waals surface area contributed by atoms with Crippen LogP contribution >= 0.6 is 0 Å². The highest BCUT2D eigenvalue weighted by Crippen LogP contribution is 2.19. The largest absolute Gasteiger partial charge is 0.462 e. The number of ether oxygens (including phenoxy) is 1. The Kier molecular flexibility index (Phi) is 4.78. The molecular weight excluding hydrogens is 280 g/mol. The summed E-state index contributed by atoms with van der Waals surface area (Å²) < 4.78 is 4.90. The Labute approximate surface area is 129 Å². The third-order valence-corrected chi connectivity index (χ3v) is 3.17. The SMILES string of the molecule is CCOC(=O)c1ccc(C(=O)Nc2cc(N)ccc2C)cc1. The molecule has 0 unspecified atom stereocenters. The first-order valence-corrected chi connectivity index (χ1v) is 6.96. The molecule has 1 amide bonds. The topological polar surface area (TPSA) is 81.4 Å². The van der Waals surface area contributed by atoms with Crippen LogP contribution in [0, 0.1) is 6.92 Å². The van der Waals surface area contributed by atoms with Gasteiger partial charge >= 0.3 is 5.97 Å². The molecule has 22 heavy (non-hydrogen) atoms. The van der Waals surface area contributed by atoms with Crippen LogP contribution in [0.3, 0.4) is 0 Å². The molecule has 3 N–H and O–H groups in total. The lowest BCUT2D eigenvalue weighted by Gasteiger charge is -2.09. The van der Waals surface area contributed by atoms with Crippen molar-refractivity contribution in [1.82, 2.24) is 0 Å². The van der Waals surface area contributed by atoms with Crippen LogP contribution in [-0.4, -0.2) is 18.5 Å². The highest BCUT2D eigenvalue weighted by atomic mass is 16.5. The molecule has 0 spiro atoms. The molecule has 0 saturated heterocycles. The van der Waals surface area contributed by atoms with E-state index in [2.05, 4.69) is 5.32 Å². The van der Waals surface area contributed by atoms with Crippen molar-refractivity contribution < 1.29 is 14.3 Å². The molecule has 0 aliphatic rings. The minimum absolute atomic E-state index is 0.260. The summed E-state index contributed by atoms with van der Waals surface area (Å²) in [5.74, 6) is -0.662. The Hall–Kier alpha value is -2.82. The lowest BCUT2D eigenvalue weighted by molar-refractivity contribution is 0.0526. The van der Waals surface area contributed by atoms with E-state index >= 15 is 0 Å². The van der Waals surface area contributed by atoms with Crippen molar-refractivity contribution in [3.05, 3.63) is 59.2 Å². The third-order valence-electron chi connectivity index (χ3n) is 3.17. The standard InChI is InChI=1S/C17H18N2O3/c1-3-22-17(21)13-7-5-12(6-8-13)16(20)19-15-10-14(18)9-4-11(15)2/h4-10H,3,18H2,1-2H3,(H,19,20). The Morgan fingerprint density at radius 1 is 1.09 bits per heavy atom. The molecule has 0 bridgehead atoms. The van der Waals surface area contributed by atoms with Crippen molar-refractivity contribution in [3.63, 3.8) is 0 Å². The minimum Gasteiger partial charge on any atom is -0.462 e. The van der Waals surface area contributed by atoms with Crippen LogP contribution in [0.5, 0.6) is 0 Å². The van der Waals surface area contributed by atoms with E-state index < -0.39 is 5.97 Å². The number of nitrogens with two attached hydrogens (primary N) is 1. The van der Waals surface area contributed by atoms with Crippen LogP contribution in [-0.2, 0) is 4.74 Å². The first-order valence-electron chi connectivity index (χ1n) is 6.96. The molecule has 0 heterocycles. The van der Waals surface area contributed by atoms with Gasteiger partial charge in [-0.05, 0) is 55.8 Å². The number of carbonyl (C=O) groups excluding carboxylic acids is 2. The van der Waals surface area contributed by atoms with Gasteiger partial charge in [0.15, 0.2) is 0 Å². The quantitative estimate of drug-likeness (QED) is 0.671. The summed E-state index contributed by atoms with van der Waals surface area (Å²) in [5, 5.41) is 2.81. The summed E-state index contributed by atoms with van der Waals surface area (Å²) in [6.45, 7) is 3.95. The highest BCUT2D eigenvalue weighted by molar-refractivity contribution is 6.05. The van der Waals surface area contributed by atoms with Crippen LogP contribution in [0.15, 0.2) is 42.5 Å². The van der Waals surface area contributed by atoms with Crippen LogP contribution in [0.2, 0.25) is 0 Å². The maximum absolute atomic E-state index is 12.2. The van der Waals surface area contributed by atoms with Gasteiger partial charge in [0, 0.05) is 16.9 Å². The van der Waals surface area contributed by atoms with Crippen LogP contribution < -0.4 is 11.1 Å². The highest BCUT2D eigenvalue weighted by Gasteiger charge is 2.10. The van der Waals surface area contributed by atoms with Crippen LogP contribution in [0.4, 0.5) is 11.4 Å². The van der Waals surface area contributed by atoms with E-state index in [1.54, 1.807) is 43.3 Å². The Bertz CT molecular complexity index is 694. The molecule has 2 aromatic carbocycles. The van der Waals surface area contributed by atoms with Gasteiger partial charge in [-0.25, -0.2) is 4.79 Å². The maximum atomic E-state index is 12.2. The average Bonchev–Trinajstić information content (AvgIpc) is 2.51. The number of carbonyl (C=O) groups is 2. The number of benzene rings is 2. The molecular formula is C17H18N2O3. The molecule has 0 aliphatic carbocycles. The predicted molar refractivity (Wildman–Crippen MR) is 85.9 cm³/mol. The van der Waals surface area contributed by atoms with Crippen LogP contribution in [0.1, 0.15) is 33.2 Å². The number of nitrogens with one attached hydrogen (secondary N) is 1. The van der Waals surface area contributed by atoms with Crippen LogP contribution in [0.25, 0.3) is 0 Å². The molecule has 0 radical (unpaired) electrons. The number of nitrogen functional groups attached to an aromatic ring is 1. The van der Waals surface area contributed by atoms with E-state index in [1.165, 1.54) is 0 Å². The van der Waals surface area contributed by atoms with Crippen molar-refractivity contribution in [2.24, 2.45) is 0 Å². The molecule has 0 saturated carbocycles. The van der Waals surface area contributed by atoms with Gasteiger partial charge in [0.2, 0.25) is 0 Å². The summed E-state index contributed by atoms with van der Waals surface area (Å²) in [4.78, 5) is 23.8. The number of anilines is 2. The molecule has 5 heteroatoms. The maximum Gasteiger partial charge on any atom is 0.338 e. The number of hydrogen-bond donors (Lipinski definition) is 2. The predicted octanol–water partition coefficient (Wildman–Crippen LogP) is 3.01. The minimum atomic E-state index is -0.402. The third kappa shape index (κ3) is 3.63. The normalized spacial score (nSPS) is 10.1. The molecule has 5 nitrogen and oxygen atoms in total. The van der Waals surface area contributed by atoms with Crippen molar-refractivity contribution in [3.8, 4) is 0 Å². The van der Waals surface area contributed by atoms with Crippen molar-refractivity contribution >= 4 is 23.3 Å². The molecule has 2 rings (SSSR count). The number of rotatable bonds is 4. The van der Waals surface area contributed by atoms with Gasteiger partial charge in [-0.2, -0.15) is 0 Å². The van der Waals surface area contributed by atoms with Gasteiger partial charge in [0.25, 0.3) is 5.91 Å². The lowest BCUT2D eigenvalue weighted by atomic mass is 10.1. The smallest absolute Gasteiger partial charge is 0.338 e. The Morgan fingerprint density at radius 2 is 1.73 bits per heavy atom. The fraction of sp³-hybridized carbons (Fsp3) is 0.176. The van der Waals surface area contributed by atoms with Gasteiger partial charge in [-0.15, -0.1) is 0 Å². The second-order valence-electron chi connectivity index (χ2n) is 4.83. The number of aryl methyl sites for hydroxylation is 1. The number of esters is 1. The zero-order chi connectivity index (χ0) is 16.1. The zero-order valence-electron chi connectivity index (χ0n) is 12.6. The van der Waals surface area contributed by atoms with Crippen molar-refractivity contribution in [2.75, 3.05) is 17.7 Å². The summed E-state index contributed by atoms with van der Waals surface area (Å²) in [5.41, 5.74) is 8.76. The van der Waals surface area contributed by atoms with E-state index in [-0.39, 0.29) is 5.91 Å². The monoisotopic (exact) mass is 298 g/mol. The fourth-order valence-electron chi connectivity index (χ4n) is 1.94. The number of hydrogen-bond acceptors (Lipinski definition) is 4. The molecule has 0 aromatic heterocycles. The van der Waals surface area contributed by atoms with Crippen molar-refractivity contribution in [2.45, 2.75) is 13.8 Å². The molecule has 0 aliphatic heterocycles. The van der Waals surface area contributed by atoms with Gasteiger partial charge in [-0.1, -0.05) is 6.07 Å². The zero-order valence-corrected chi connectivity index (χ0v) is 12.6. The Morgan fingerprint density at radius 3 is 2.36 bits per heavy atom. The molecule has 114 valence electrons. The first kappa shape index (κ1) is 15.6. The summed E-state index contributed by atoms with van der Waals surface area (Å²) in [7, 11) is 0. The second-order valence-corrected chi connectivity index (χ2v) is 4.83. The lowest BCUT2D eigenvalue weighted by Crippen LogP contribution is -2.13. The van der Waals surface area contributed by atoms with Gasteiger partial charge in [-0.3, -0.25) is 4.79 Å². The second kappa shape index (κ2) is 6.76. The van der Waals surface area contributed by atoms with Crippen molar-refractivity contribution in [1.29, 1.82) is 0 Å². The van der Waals surface area contributed by atoms with Gasteiger partial charge < -0.3 is 15.8 Å². The van der Waals surface area contributed by atoms with E-state index in [4.69, 9.17) is 10.5 Å². The number of amides is 1. The molecule has 0 atom stereocenters. The first-order chi connectivity index (χ1) is 10.5. The summed E-state index contributed by atoms with van der Waals surface area (Å²) in [6, 6.07) is 11.6. The average molecular weight is 298 g/mol.